The number of benzene rings is 1. The van der Waals surface area contributed by atoms with Gasteiger partial charge >= 0.3 is 0 Å². The number of nitrogens with one attached hydrogen (secondary N) is 1. The number of nitrogens with zero attached hydrogens (tertiary/aromatic N) is 1. The smallest absolute Gasteiger partial charge is 0.292 e. The average molecular weight is 240 g/mol. The van der Waals surface area contributed by atoms with Crippen molar-refractivity contribution < 1.29 is 14.4 Å². The number of nitro benzene ring substituents is 1. The molecule has 6 heteroatoms. The number of anilines is 1. The van der Waals surface area contributed by atoms with Crippen LogP contribution in [0.1, 0.15) is 12.8 Å². The van der Waals surface area contributed by atoms with Gasteiger partial charge < -0.3 is 10.4 Å². The molecule has 1 aliphatic carbocycles. The van der Waals surface area contributed by atoms with Crippen molar-refractivity contribution >= 4 is 11.4 Å². The van der Waals surface area contributed by atoms with Crippen LogP contribution in [0.4, 0.5) is 15.8 Å². The van der Waals surface area contributed by atoms with E-state index in [1.807, 2.05) is 0 Å². The highest BCUT2D eigenvalue weighted by Crippen LogP contribution is 2.30. The largest absolute Gasteiger partial charge is 0.393 e. The number of halogens is 1. The van der Waals surface area contributed by atoms with E-state index in [0.717, 1.165) is 18.2 Å². The maximum absolute atomic E-state index is 13.0. The molecule has 0 atom stereocenters. The van der Waals surface area contributed by atoms with Crippen LogP contribution in [0.15, 0.2) is 18.2 Å². The highest BCUT2D eigenvalue weighted by Gasteiger charge is 2.27. The van der Waals surface area contributed by atoms with Crippen molar-refractivity contribution in [3.8, 4) is 0 Å². The van der Waals surface area contributed by atoms with Crippen LogP contribution < -0.4 is 5.32 Å². The van der Waals surface area contributed by atoms with Crippen molar-refractivity contribution in [1.29, 1.82) is 0 Å². The van der Waals surface area contributed by atoms with Crippen molar-refractivity contribution in [3.63, 3.8) is 0 Å². The van der Waals surface area contributed by atoms with E-state index >= 15 is 0 Å². The Hall–Kier alpha value is -1.69. The van der Waals surface area contributed by atoms with E-state index in [2.05, 4.69) is 5.32 Å². The van der Waals surface area contributed by atoms with Crippen LogP contribution in [0, 0.1) is 21.8 Å². The molecule has 0 unspecified atom stereocenters. The number of aliphatic hydroxyl groups excluding tert-OH is 1. The molecule has 0 aromatic heterocycles. The van der Waals surface area contributed by atoms with E-state index in [-0.39, 0.29) is 17.5 Å². The van der Waals surface area contributed by atoms with E-state index in [1.165, 1.54) is 0 Å². The third kappa shape index (κ3) is 2.71. The Morgan fingerprint density at radius 3 is 2.82 bits per heavy atom. The molecule has 92 valence electrons. The second kappa shape index (κ2) is 4.67. The van der Waals surface area contributed by atoms with E-state index in [9.17, 15) is 14.5 Å². The Morgan fingerprint density at radius 2 is 2.24 bits per heavy atom. The van der Waals surface area contributed by atoms with Crippen molar-refractivity contribution in [2.24, 2.45) is 5.92 Å². The summed E-state index contributed by atoms with van der Waals surface area (Å²) < 4.78 is 13.0. The molecule has 2 N–H and O–H groups in total. The Balaban J connectivity index is 2.03. The Labute approximate surface area is 97.4 Å². The molecule has 1 saturated carbocycles. The van der Waals surface area contributed by atoms with E-state index in [1.54, 1.807) is 0 Å². The maximum Gasteiger partial charge on any atom is 0.292 e. The molecule has 0 aliphatic heterocycles. The van der Waals surface area contributed by atoms with Crippen molar-refractivity contribution in [2.75, 3.05) is 11.9 Å². The van der Waals surface area contributed by atoms with Gasteiger partial charge in [-0.3, -0.25) is 10.1 Å². The SMILES string of the molecule is O=[N+]([O-])c1ccc(F)cc1NCC1CC(O)C1. The summed E-state index contributed by atoms with van der Waals surface area (Å²) in [5, 5.41) is 22.7. The number of aliphatic hydroxyl groups is 1. The Morgan fingerprint density at radius 1 is 1.53 bits per heavy atom. The van der Waals surface area contributed by atoms with Crippen LogP contribution in [0.3, 0.4) is 0 Å². The normalized spacial score (nSPS) is 22.9. The summed E-state index contributed by atoms with van der Waals surface area (Å²) in [6.07, 6.45) is 1.12. The number of rotatable bonds is 4. The van der Waals surface area contributed by atoms with Crippen LogP contribution in [-0.2, 0) is 0 Å². The van der Waals surface area contributed by atoms with Gasteiger partial charge in [0.15, 0.2) is 0 Å². The van der Waals surface area contributed by atoms with Crippen molar-refractivity contribution in [1.82, 2.24) is 0 Å². The fourth-order valence-electron chi connectivity index (χ4n) is 1.93. The molecule has 0 saturated heterocycles. The van der Waals surface area contributed by atoms with Crippen LogP contribution in [-0.4, -0.2) is 22.7 Å². The third-order valence-electron chi connectivity index (χ3n) is 2.95. The van der Waals surface area contributed by atoms with Crippen LogP contribution in [0.5, 0.6) is 0 Å². The lowest BCUT2D eigenvalue weighted by Crippen LogP contribution is -2.33. The quantitative estimate of drug-likeness (QED) is 0.622. The van der Waals surface area contributed by atoms with Crippen molar-refractivity contribution in [2.45, 2.75) is 18.9 Å². The fraction of sp³-hybridized carbons (Fsp3) is 0.455. The predicted molar refractivity (Wildman–Crippen MR) is 60.3 cm³/mol. The van der Waals surface area contributed by atoms with E-state index in [0.29, 0.717) is 25.3 Å². The molecule has 1 aromatic rings. The summed E-state index contributed by atoms with van der Waals surface area (Å²) >= 11 is 0. The standard InChI is InChI=1S/C11H13FN2O3/c12-8-1-2-11(14(16)17)10(5-8)13-6-7-3-9(15)4-7/h1-2,5,7,9,13,15H,3-4,6H2. The summed E-state index contributed by atoms with van der Waals surface area (Å²) in [6, 6.07) is 3.33. The lowest BCUT2D eigenvalue weighted by Gasteiger charge is -2.31. The summed E-state index contributed by atoms with van der Waals surface area (Å²) in [4.78, 5) is 10.2. The van der Waals surface area contributed by atoms with Crippen LogP contribution in [0.2, 0.25) is 0 Å². The van der Waals surface area contributed by atoms with Crippen LogP contribution in [0.25, 0.3) is 0 Å². The summed E-state index contributed by atoms with van der Waals surface area (Å²) in [7, 11) is 0. The maximum atomic E-state index is 13.0. The van der Waals surface area contributed by atoms with Crippen molar-refractivity contribution in [3.05, 3.63) is 34.1 Å². The molecule has 0 bridgehead atoms. The first-order valence-corrected chi connectivity index (χ1v) is 5.42. The Kier molecular flexibility index (Phi) is 3.23. The van der Waals surface area contributed by atoms with Crippen LogP contribution >= 0.6 is 0 Å². The average Bonchev–Trinajstić information content (AvgIpc) is 2.22. The molecule has 0 amide bonds. The van der Waals surface area contributed by atoms with Gasteiger partial charge in [0.2, 0.25) is 0 Å². The first-order chi connectivity index (χ1) is 8.06. The molecule has 5 nitrogen and oxygen atoms in total. The molecular weight excluding hydrogens is 227 g/mol. The molecule has 0 spiro atoms. The minimum Gasteiger partial charge on any atom is -0.393 e. The van der Waals surface area contributed by atoms with Gasteiger partial charge in [-0.05, 0) is 24.8 Å². The number of hydrogen-bond donors (Lipinski definition) is 2. The third-order valence-corrected chi connectivity index (χ3v) is 2.95. The number of nitro groups is 1. The monoisotopic (exact) mass is 240 g/mol. The molecule has 1 aliphatic rings. The van der Waals surface area contributed by atoms with E-state index in [4.69, 9.17) is 5.11 Å². The minimum atomic E-state index is -0.544. The lowest BCUT2D eigenvalue weighted by molar-refractivity contribution is -0.384. The van der Waals surface area contributed by atoms with Gasteiger partial charge in [0.1, 0.15) is 11.5 Å². The van der Waals surface area contributed by atoms with Gasteiger partial charge in [-0.25, -0.2) is 4.39 Å². The zero-order chi connectivity index (χ0) is 12.4. The summed E-state index contributed by atoms with van der Waals surface area (Å²) in [6.45, 7) is 0.515. The second-order valence-electron chi connectivity index (χ2n) is 4.29. The van der Waals surface area contributed by atoms with Gasteiger partial charge in [-0.2, -0.15) is 0 Å². The molecule has 17 heavy (non-hydrogen) atoms. The van der Waals surface area contributed by atoms with Gasteiger partial charge in [-0.1, -0.05) is 0 Å². The fourth-order valence-corrected chi connectivity index (χ4v) is 1.93. The first kappa shape index (κ1) is 11.8. The Bertz CT molecular complexity index is 433. The van der Waals surface area contributed by atoms with Gasteiger partial charge in [-0.15, -0.1) is 0 Å². The minimum absolute atomic E-state index is 0.133. The summed E-state index contributed by atoms with van der Waals surface area (Å²) in [5.74, 6) is -0.209. The van der Waals surface area contributed by atoms with Gasteiger partial charge in [0.05, 0.1) is 11.0 Å². The van der Waals surface area contributed by atoms with E-state index < -0.39 is 10.7 Å². The molecular formula is C11H13FN2O3. The molecule has 2 rings (SSSR count). The zero-order valence-corrected chi connectivity index (χ0v) is 9.10. The topological polar surface area (TPSA) is 75.4 Å². The highest BCUT2D eigenvalue weighted by atomic mass is 19.1. The molecule has 1 fully saturated rings. The van der Waals surface area contributed by atoms with Gasteiger partial charge in [0.25, 0.3) is 5.69 Å². The first-order valence-electron chi connectivity index (χ1n) is 5.42. The zero-order valence-electron chi connectivity index (χ0n) is 9.10. The lowest BCUT2D eigenvalue weighted by atomic mass is 9.82. The number of hydrogen-bond acceptors (Lipinski definition) is 4. The van der Waals surface area contributed by atoms with Gasteiger partial charge in [0, 0.05) is 18.7 Å². The highest BCUT2D eigenvalue weighted by molar-refractivity contribution is 5.61. The summed E-state index contributed by atoms with van der Waals surface area (Å²) in [5.41, 5.74) is 0.0580. The molecule has 1 aromatic carbocycles. The molecule has 0 radical (unpaired) electrons. The predicted octanol–water partition coefficient (Wildman–Crippen LogP) is 1.92. The second-order valence-corrected chi connectivity index (χ2v) is 4.29. The molecule has 0 heterocycles.